The molecule has 0 aliphatic carbocycles. The Balaban J connectivity index is 2.28. The fourth-order valence-corrected chi connectivity index (χ4v) is 2.84. The van der Waals surface area contributed by atoms with Crippen molar-refractivity contribution in [3.8, 4) is 0 Å². The van der Waals surface area contributed by atoms with E-state index in [9.17, 15) is 9.59 Å². The van der Waals surface area contributed by atoms with Crippen molar-refractivity contribution in [1.82, 2.24) is 9.88 Å². The molecule has 1 aromatic heterocycles. The molecule has 8 heteroatoms. The minimum absolute atomic E-state index is 0.201. The smallest absolute Gasteiger partial charge is 0.409 e. The van der Waals surface area contributed by atoms with Gasteiger partial charge in [-0.15, -0.1) is 11.8 Å². The van der Waals surface area contributed by atoms with E-state index in [0.717, 1.165) is 4.90 Å². The molecule has 0 saturated carbocycles. The van der Waals surface area contributed by atoms with Gasteiger partial charge >= 0.3 is 12.1 Å². The van der Waals surface area contributed by atoms with Gasteiger partial charge < -0.3 is 14.6 Å². The molecule has 16 heavy (non-hydrogen) atoms. The Morgan fingerprint density at radius 3 is 2.81 bits per heavy atom. The van der Waals surface area contributed by atoms with Crippen molar-refractivity contribution in [3.63, 3.8) is 0 Å². The largest absolute Gasteiger partial charge is 0.480 e. The van der Waals surface area contributed by atoms with Crippen LogP contribution in [0.25, 0.3) is 0 Å². The molecule has 1 aliphatic heterocycles. The van der Waals surface area contributed by atoms with Gasteiger partial charge in [0.15, 0.2) is 12.2 Å². The van der Waals surface area contributed by atoms with E-state index in [1.54, 1.807) is 0 Å². The van der Waals surface area contributed by atoms with Crippen LogP contribution in [0.1, 0.15) is 11.1 Å². The molecule has 2 atom stereocenters. The zero-order chi connectivity index (χ0) is 11.7. The maximum absolute atomic E-state index is 11.0. The van der Waals surface area contributed by atoms with Crippen LogP contribution in [0, 0.1) is 0 Å². The summed E-state index contributed by atoms with van der Waals surface area (Å²) in [4.78, 5) is 26.4. The lowest BCUT2D eigenvalue weighted by molar-refractivity contribution is -0.141. The third-order valence-electron chi connectivity index (χ3n) is 2.20. The molecule has 0 bridgehead atoms. The van der Waals surface area contributed by atoms with Gasteiger partial charge in [-0.05, 0) is 0 Å². The monoisotopic (exact) mass is 244 g/mol. The van der Waals surface area contributed by atoms with Crippen molar-refractivity contribution in [2.75, 3.05) is 5.75 Å². The number of thioether (sulfide) groups is 1. The van der Waals surface area contributed by atoms with Crippen LogP contribution in [-0.2, 0) is 4.79 Å². The Labute approximate surface area is 94.1 Å². The van der Waals surface area contributed by atoms with Crippen LogP contribution in [0.3, 0.4) is 0 Å². The highest BCUT2D eigenvalue weighted by Gasteiger charge is 2.44. The second-order valence-corrected chi connectivity index (χ2v) is 4.25. The first-order valence-electron chi connectivity index (χ1n) is 4.35. The maximum atomic E-state index is 11.0. The molecule has 2 heterocycles. The molecule has 1 amide bonds. The molecule has 7 nitrogen and oxygen atoms in total. The van der Waals surface area contributed by atoms with Gasteiger partial charge in [0.2, 0.25) is 0 Å². The molecular weight excluding hydrogens is 236 g/mol. The third kappa shape index (κ3) is 1.71. The summed E-state index contributed by atoms with van der Waals surface area (Å²) >= 11 is 1.20. The van der Waals surface area contributed by atoms with Crippen molar-refractivity contribution >= 4 is 23.8 Å². The standard InChI is InChI=1S/C8H8N2O5S/c11-7(12)4-2-16-6(10(4)8(13)14)5-1-9-3-15-5/h1,3-4,6H,2H2,(H,11,12)(H,13,14)/t4?,6-/m1/s1. The van der Waals surface area contributed by atoms with Gasteiger partial charge in [0.25, 0.3) is 0 Å². The van der Waals surface area contributed by atoms with Gasteiger partial charge in [-0.1, -0.05) is 0 Å². The van der Waals surface area contributed by atoms with E-state index in [1.165, 1.54) is 24.4 Å². The molecule has 0 spiro atoms. The van der Waals surface area contributed by atoms with Crippen molar-refractivity contribution in [1.29, 1.82) is 0 Å². The minimum Gasteiger partial charge on any atom is -0.480 e. The lowest BCUT2D eigenvalue weighted by atomic mass is 10.3. The van der Waals surface area contributed by atoms with Crippen LogP contribution >= 0.6 is 11.8 Å². The molecule has 1 fully saturated rings. The van der Waals surface area contributed by atoms with E-state index in [-0.39, 0.29) is 5.75 Å². The summed E-state index contributed by atoms with van der Waals surface area (Å²) < 4.78 is 5.00. The number of carboxylic acids is 1. The molecule has 2 N–H and O–H groups in total. The number of rotatable bonds is 2. The topological polar surface area (TPSA) is 104 Å². The Morgan fingerprint density at radius 2 is 2.31 bits per heavy atom. The SMILES string of the molecule is O=C(O)C1CS[C@H](c2cnco2)N1C(=O)O. The first-order valence-corrected chi connectivity index (χ1v) is 5.40. The summed E-state index contributed by atoms with van der Waals surface area (Å²) in [5.74, 6) is -0.611. The van der Waals surface area contributed by atoms with Crippen molar-refractivity contribution in [2.24, 2.45) is 0 Å². The molecule has 1 aliphatic rings. The highest BCUT2D eigenvalue weighted by Crippen LogP contribution is 2.41. The lowest BCUT2D eigenvalue weighted by Gasteiger charge is -2.22. The van der Waals surface area contributed by atoms with E-state index < -0.39 is 23.5 Å². The Kier molecular flexibility index (Phi) is 2.73. The predicted octanol–water partition coefficient (Wildman–Crippen LogP) is 0.853. The number of carbonyl (C=O) groups is 2. The average Bonchev–Trinajstić information content (AvgIpc) is 2.85. The van der Waals surface area contributed by atoms with E-state index in [4.69, 9.17) is 14.6 Å². The number of carboxylic acid groups (broad SMARTS) is 2. The van der Waals surface area contributed by atoms with Crippen LogP contribution in [0.15, 0.2) is 17.0 Å². The van der Waals surface area contributed by atoms with Gasteiger partial charge in [-0.3, -0.25) is 4.90 Å². The molecule has 1 unspecified atom stereocenters. The number of nitrogens with zero attached hydrogens (tertiary/aromatic N) is 2. The van der Waals surface area contributed by atoms with Gasteiger partial charge in [0, 0.05) is 5.75 Å². The van der Waals surface area contributed by atoms with Gasteiger partial charge in [-0.2, -0.15) is 0 Å². The first-order chi connectivity index (χ1) is 7.61. The highest BCUT2D eigenvalue weighted by atomic mass is 32.2. The van der Waals surface area contributed by atoms with Crippen molar-refractivity contribution < 1.29 is 24.2 Å². The lowest BCUT2D eigenvalue weighted by Crippen LogP contribution is -2.42. The van der Waals surface area contributed by atoms with Gasteiger partial charge in [0.1, 0.15) is 11.4 Å². The molecule has 2 rings (SSSR count). The fourth-order valence-electron chi connectivity index (χ4n) is 1.50. The molecular formula is C8H8N2O5S. The van der Waals surface area contributed by atoms with E-state index >= 15 is 0 Å². The normalized spacial score (nSPS) is 24.6. The predicted molar refractivity (Wildman–Crippen MR) is 53.0 cm³/mol. The quantitative estimate of drug-likeness (QED) is 0.794. The number of hydrogen-bond donors (Lipinski definition) is 2. The maximum Gasteiger partial charge on any atom is 0.409 e. The Morgan fingerprint density at radius 1 is 1.56 bits per heavy atom. The van der Waals surface area contributed by atoms with Crippen LogP contribution < -0.4 is 0 Å². The first kappa shape index (κ1) is 10.8. The molecule has 0 aromatic carbocycles. The number of aliphatic carboxylic acids is 1. The summed E-state index contributed by atoms with van der Waals surface area (Å²) in [5.41, 5.74) is 0. The number of amides is 1. The second-order valence-electron chi connectivity index (χ2n) is 3.13. The second kappa shape index (κ2) is 4.05. The third-order valence-corrected chi connectivity index (χ3v) is 3.48. The van der Waals surface area contributed by atoms with E-state index in [1.807, 2.05) is 0 Å². The van der Waals surface area contributed by atoms with Gasteiger partial charge in [0.05, 0.1) is 6.20 Å². The van der Waals surface area contributed by atoms with Crippen molar-refractivity contribution in [3.05, 3.63) is 18.4 Å². The minimum atomic E-state index is -1.28. The van der Waals surface area contributed by atoms with E-state index in [0.29, 0.717) is 5.76 Å². The Hall–Kier alpha value is -1.70. The molecule has 86 valence electrons. The summed E-state index contributed by atoms with van der Waals surface area (Å²) in [6, 6.07) is -1.04. The zero-order valence-corrected chi connectivity index (χ0v) is 8.75. The number of aromatic nitrogens is 1. The fraction of sp³-hybridized carbons (Fsp3) is 0.375. The van der Waals surface area contributed by atoms with Crippen LogP contribution in [-0.4, -0.2) is 44.0 Å². The number of hydrogen-bond acceptors (Lipinski definition) is 5. The summed E-state index contributed by atoms with van der Waals surface area (Å²) in [7, 11) is 0. The molecule has 1 saturated heterocycles. The summed E-state index contributed by atoms with van der Waals surface area (Å²) in [5, 5.41) is 17.2. The average molecular weight is 244 g/mol. The summed E-state index contributed by atoms with van der Waals surface area (Å²) in [6.07, 6.45) is 1.29. The van der Waals surface area contributed by atoms with Crippen LogP contribution in [0.5, 0.6) is 0 Å². The van der Waals surface area contributed by atoms with E-state index in [2.05, 4.69) is 4.98 Å². The summed E-state index contributed by atoms with van der Waals surface area (Å²) in [6.45, 7) is 0. The van der Waals surface area contributed by atoms with Gasteiger partial charge in [-0.25, -0.2) is 14.6 Å². The molecule has 0 radical (unpaired) electrons. The van der Waals surface area contributed by atoms with Crippen LogP contribution in [0.2, 0.25) is 0 Å². The molecule has 1 aromatic rings. The Bertz CT molecular complexity index is 407. The number of oxazole rings is 1. The zero-order valence-electron chi connectivity index (χ0n) is 7.94. The highest BCUT2D eigenvalue weighted by molar-refractivity contribution is 7.99. The van der Waals surface area contributed by atoms with Crippen molar-refractivity contribution in [2.45, 2.75) is 11.4 Å². The van der Waals surface area contributed by atoms with Crippen LogP contribution in [0.4, 0.5) is 4.79 Å².